The van der Waals surface area contributed by atoms with Crippen LogP contribution in [0.3, 0.4) is 0 Å². The second-order valence-corrected chi connectivity index (χ2v) is 9.54. The zero-order valence-corrected chi connectivity index (χ0v) is 20.2. The van der Waals surface area contributed by atoms with Gasteiger partial charge in [-0.15, -0.1) is 0 Å². The number of nitrogens with zero attached hydrogens (tertiary/aromatic N) is 1. The molecule has 3 rings (SSSR count). The largest absolute Gasteiger partial charge is 0.483 e. The van der Waals surface area contributed by atoms with E-state index in [-0.39, 0.29) is 37.9 Å². The highest BCUT2D eigenvalue weighted by Gasteiger charge is 2.19. The van der Waals surface area contributed by atoms with E-state index >= 15 is 0 Å². The molecule has 0 spiro atoms. The predicted octanol–water partition coefficient (Wildman–Crippen LogP) is 3.11. The number of nitriles is 1. The fourth-order valence-corrected chi connectivity index (χ4v) is 3.96. The molecule has 4 N–H and O–H groups in total. The van der Waals surface area contributed by atoms with E-state index in [4.69, 9.17) is 21.5 Å². The van der Waals surface area contributed by atoms with Crippen molar-refractivity contribution in [2.75, 3.05) is 11.9 Å². The topological polar surface area (TPSA) is 177 Å². The maximum absolute atomic E-state index is 13.2. The number of hydrogen-bond acceptors (Lipinski definition) is 7. The molecule has 0 radical (unpaired) electrons. The van der Waals surface area contributed by atoms with Crippen LogP contribution in [0.15, 0.2) is 59.5 Å². The first kappa shape index (κ1) is 26.4. The quantitative estimate of drug-likeness (QED) is 0.374. The minimum Gasteiger partial charge on any atom is -0.483 e. The lowest BCUT2D eigenvalue weighted by molar-refractivity contribution is -0.118. The van der Waals surface area contributed by atoms with Crippen LogP contribution in [0.25, 0.3) is 0 Å². The number of carbonyl (C=O) groups excluding carboxylic acids is 2. The summed E-state index contributed by atoms with van der Waals surface area (Å²) in [6, 6.07) is 13.4. The number of amides is 1. The smallest absolute Gasteiger partial charge is 0.335 e. The molecular weight excluding hydrogens is 510 g/mol. The van der Waals surface area contributed by atoms with Crippen LogP contribution >= 0.6 is 11.6 Å². The van der Waals surface area contributed by atoms with Gasteiger partial charge < -0.3 is 15.2 Å². The molecular formula is C24H18ClN3O7S. The first-order valence-electron chi connectivity index (χ1n) is 10.1. The Kier molecular flexibility index (Phi) is 7.74. The van der Waals surface area contributed by atoms with E-state index in [1.807, 2.05) is 6.07 Å². The van der Waals surface area contributed by atoms with Crippen LogP contribution in [0.1, 0.15) is 37.4 Å². The molecule has 1 amide bonds. The molecule has 12 heteroatoms. The van der Waals surface area contributed by atoms with Gasteiger partial charge in [-0.1, -0.05) is 11.6 Å². The highest BCUT2D eigenvalue weighted by atomic mass is 35.5. The minimum atomic E-state index is -3.90. The number of carboxylic acids is 1. The number of nitrogens with two attached hydrogens (primary N) is 1. The third kappa shape index (κ3) is 6.25. The number of ketones is 1. The van der Waals surface area contributed by atoms with Gasteiger partial charge in [-0.3, -0.25) is 9.59 Å². The summed E-state index contributed by atoms with van der Waals surface area (Å²) in [5.74, 6) is -2.58. The van der Waals surface area contributed by atoms with Crippen molar-refractivity contribution in [3.8, 4) is 11.8 Å². The van der Waals surface area contributed by atoms with Crippen LogP contribution in [0.4, 0.5) is 5.69 Å². The van der Waals surface area contributed by atoms with Gasteiger partial charge in [-0.05, 0) is 67.1 Å². The van der Waals surface area contributed by atoms with Crippen LogP contribution in [0.5, 0.6) is 5.75 Å². The number of carboxylic acid groups (broad SMARTS) is 1. The average molecular weight is 528 g/mol. The molecule has 0 aromatic heterocycles. The molecule has 0 heterocycles. The fraction of sp³-hybridized carbons (Fsp3) is 0.0833. The number of anilines is 1. The lowest BCUT2D eigenvalue weighted by Crippen LogP contribution is -2.21. The van der Waals surface area contributed by atoms with E-state index in [1.54, 1.807) is 6.92 Å². The molecule has 3 aromatic rings. The molecule has 0 atom stereocenters. The van der Waals surface area contributed by atoms with Gasteiger partial charge in [0.15, 0.2) is 12.4 Å². The van der Waals surface area contributed by atoms with E-state index < -0.39 is 34.3 Å². The Bertz CT molecular complexity index is 1550. The van der Waals surface area contributed by atoms with E-state index in [9.17, 15) is 33.2 Å². The van der Waals surface area contributed by atoms with Gasteiger partial charge >= 0.3 is 5.97 Å². The van der Waals surface area contributed by atoms with Gasteiger partial charge in [0.1, 0.15) is 5.75 Å². The van der Waals surface area contributed by atoms with Crippen LogP contribution in [-0.4, -0.2) is 37.8 Å². The second kappa shape index (κ2) is 10.6. The summed E-state index contributed by atoms with van der Waals surface area (Å²) in [6.07, 6.45) is 0. The Morgan fingerprint density at radius 2 is 1.78 bits per heavy atom. The number of aryl methyl sites for hydroxylation is 1. The highest BCUT2D eigenvalue weighted by molar-refractivity contribution is 7.89. The van der Waals surface area contributed by atoms with Crippen molar-refractivity contribution in [1.29, 1.82) is 5.26 Å². The van der Waals surface area contributed by atoms with Gasteiger partial charge in [0.25, 0.3) is 5.91 Å². The number of sulfonamides is 1. The lowest BCUT2D eigenvalue weighted by Gasteiger charge is -2.13. The molecule has 3 aromatic carbocycles. The first-order chi connectivity index (χ1) is 16.9. The molecule has 0 bridgehead atoms. The van der Waals surface area contributed by atoms with Crippen molar-refractivity contribution in [2.45, 2.75) is 11.8 Å². The van der Waals surface area contributed by atoms with Crippen molar-refractivity contribution in [3.05, 3.63) is 87.4 Å². The molecule has 36 heavy (non-hydrogen) atoms. The van der Waals surface area contributed by atoms with Crippen molar-refractivity contribution in [2.24, 2.45) is 5.14 Å². The van der Waals surface area contributed by atoms with Crippen molar-refractivity contribution in [3.63, 3.8) is 0 Å². The number of halogens is 1. The minimum absolute atomic E-state index is 0.0000747. The lowest BCUT2D eigenvalue weighted by atomic mass is 9.98. The third-order valence-corrected chi connectivity index (χ3v) is 6.06. The number of primary sulfonamides is 1. The SMILES string of the molecule is Cc1cc(S(N)(=O)=O)ccc1NC(=O)COc1ccc(Cl)cc1C(=O)c1cc(C#N)cc(C(=O)O)c1. The second-order valence-electron chi connectivity index (χ2n) is 7.54. The monoisotopic (exact) mass is 527 g/mol. The van der Waals surface area contributed by atoms with Crippen molar-refractivity contribution >= 4 is 45.0 Å². The molecule has 10 nitrogen and oxygen atoms in total. The Morgan fingerprint density at radius 3 is 2.39 bits per heavy atom. The van der Waals surface area contributed by atoms with Gasteiger partial charge in [-0.2, -0.15) is 5.26 Å². The Hall–Kier alpha value is -4.24. The number of nitrogens with one attached hydrogen (secondary N) is 1. The Morgan fingerprint density at radius 1 is 1.08 bits per heavy atom. The summed E-state index contributed by atoms with van der Waals surface area (Å²) in [6.45, 7) is 1.07. The summed E-state index contributed by atoms with van der Waals surface area (Å²) in [5.41, 5.74) is 0.391. The third-order valence-electron chi connectivity index (χ3n) is 4.92. The Labute approximate surface area is 210 Å². The fourth-order valence-electron chi connectivity index (χ4n) is 3.19. The van der Waals surface area contributed by atoms with Gasteiger partial charge in [0.2, 0.25) is 10.0 Å². The van der Waals surface area contributed by atoms with Crippen LogP contribution in [0.2, 0.25) is 5.02 Å². The number of aromatic carboxylic acids is 1. The zero-order chi connectivity index (χ0) is 26.6. The predicted molar refractivity (Wildman–Crippen MR) is 130 cm³/mol. The molecule has 0 saturated carbocycles. The molecule has 0 aliphatic carbocycles. The Balaban J connectivity index is 1.82. The van der Waals surface area contributed by atoms with Gasteiger partial charge in [0.05, 0.1) is 27.7 Å². The number of rotatable bonds is 8. The molecule has 0 fully saturated rings. The molecule has 0 aliphatic rings. The standard InChI is InChI=1S/C24H18ClN3O7S/c1-13-6-18(36(27,33)34)3-4-20(13)28-22(29)12-35-21-5-2-17(25)10-19(21)23(30)15-7-14(11-26)8-16(9-15)24(31)32/h2-10H,12H2,1H3,(H,28,29)(H,31,32)(H2,27,33,34). The maximum atomic E-state index is 13.2. The summed E-state index contributed by atoms with van der Waals surface area (Å²) < 4.78 is 28.5. The van der Waals surface area contributed by atoms with Crippen LogP contribution < -0.4 is 15.2 Å². The molecule has 0 aliphatic heterocycles. The molecule has 0 saturated heterocycles. The van der Waals surface area contributed by atoms with E-state index in [2.05, 4.69) is 5.32 Å². The number of hydrogen-bond donors (Lipinski definition) is 3. The number of ether oxygens (including phenoxy) is 1. The van der Waals surface area contributed by atoms with Crippen molar-refractivity contribution in [1.82, 2.24) is 0 Å². The van der Waals surface area contributed by atoms with E-state index in [0.717, 1.165) is 12.1 Å². The van der Waals surface area contributed by atoms with E-state index in [1.165, 1.54) is 42.5 Å². The first-order valence-corrected chi connectivity index (χ1v) is 12.0. The molecule has 184 valence electrons. The van der Waals surface area contributed by atoms with Crippen molar-refractivity contribution < 1.29 is 32.6 Å². The highest BCUT2D eigenvalue weighted by Crippen LogP contribution is 2.27. The number of carbonyl (C=O) groups is 3. The maximum Gasteiger partial charge on any atom is 0.335 e. The van der Waals surface area contributed by atoms with Crippen LogP contribution in [-0.2, 0) is 14.8 Å². The van der Waals surface area contributed by atoms with Crippen LogP contribution in [0, 0.1) is 18.3 Å². The number of benzene rings is 3. The molecule has 0 unspecified atom stereocenters. The van der Waals surface area contributed by atoms with E-state index in [0.29, 0.717) is 11.3 Å². The zero-order valence-electron chi connectivity index (χ0n) is 18.6. The summed E-state index contributed by atoms with van der Waals surface area (Å²) in [7, 11) is -3.90. The summed E-state index contributed by atoms with van der Waals surface area (Å²) in [5, 5.41) is 26.3. The normalized spacial score (nSPS) is 10.8. The summed E-state index contributed by atoms with van der Waals surface area (Å²) in [4.78, 5) is 36.9. The van der Waals surface area contributed by atoms with Gasteiger partial charge in [0, 0.05) is 16.3 Å². The summed E-state index contributed by atoms with van der Waals surface area (Å²) >= 11 is 6.04. The van der Waals surface area contributed by atoms with Gasteiger partial charge in [-0.25, -0.2) is 18.4 Å². The average Bonchev–Trinajstić information content (AvgIpc) is 2.82.